The van der Waals surface area contributed by atoms with Crippen molar-refractivity contribution in [1.29, 1.82) is 0 Å². The minimum absolute atomic E-state index is 0.0662. The predicted molar refractivity (Wildman–Crippen MR) is 83.9 cm³/mol. The van der Waals surface area contributed by atoms with Crippen LogP contribution in [0, 0.1) is 5.92 Å². The summed E-state index contributed by atoms with van der Waals surface area (Å²) in [6, 6.07) is 6.76. The van der Waals surface area contributed by atoms with E-state index in [0.717, 1.165) is 25.7 Å². The third kappa shape index (κ3) is 3.64. The van der Waals surface area contributed by atoms with Crippen LogP contribution < -0.4 is 10.5 Å². The average molecular weight is 318 g/mol. The molecule has 0 bridgehead atoms. The quantitative estimate of drug-likeness (QED) is 0.844. The number of nitrogens with two attached hydrogens (primary N) is 1. The molecule has 6 heteroatoms. The van der Waals surface area contributed by atoms with Crippen molar-refractivity contribution in [2.75, 3.05) is 19.7 Å². The highest BCUT2D eigenvalue weighted by atomic mass is 16.5. The van der Waals surface area contributed by atoms with E-state index in [1.807, 2.05) is 0 Å². The van der Waals surface area contributed by atoms with Gasteiger partial charge in [0.2, 0.25) is 0 Å². The van der Waals surface area contributed by atoms with Crippen LogP contribution in [0.3, 0.4) is 0 Å². The summed E-state index contributed by atoms with van der Waals surface area (Å²) < 4.78 is 5.25. The molecule has 6 nitrogen and oxygen atoms in total. The Bertz CT molecular complexity index is 612. The van der Waals surface area contributed by atoms with Gasteiger partial charge in [0, 0.05) is 24.6 Å². The Morgan fingerprint density at radius 1 is 1.39 bits per heavy atom. The third-order valence-corrected chi connectivity index (χ3v) is 4.69. The molecular weight excluding hydrogens is 296 g/mol. The van der Waals surface area contributed by atoms with Gasteiger partial charge in [-0.15, -0.1) is 0 Å². The van der Waals surface area contributed by atoms with Gasteiger partial charge in [0.25, 0.3) is 11.8 Å². The summed E-state index contributed by atoms with van der Waals surface area (Å²) in [7, 11) is 0. The minimum Gasteiger partial charge on any atom is -0.484 e. The van der Waals surface area contributed by atoms with E-state index >= 15 is 0 Å². The number of aliphatic hydroxyl groups is 1. The standard InChI is InChI=1S/C17H22N2O4/c18-15(20)11-23-14-5-1-3-12(9-14)16(21)19-8-2-4-13(10-19)17(22)6-7-17/h1,3,5,9,13,22H,2,4,6-8,10-11H2,(H2,18,20). The molecule has 0 spiro atoms. The Balaban J connectivity index is 1.67. The second-order valence-corrected chi connectivity index (χ2v) is 6.48. The summed E-state index contributed by atoms with van der Waals surface area (Å²) in [4.78, 5) is 25.3. The van der Waals surface area contributed by atoms with Crippen LogP contribution in [0.25, 0.3) is 0 Å². The molecule has 2 amide bonds. The normalized spacial score (nSPS) is 22.5. The first-order valence-corrected chi connectivity index (χ1v) is 8.01. The SMILES string of the molecule is NC(=O)COc1cccc(C(=O)N2CCCC(C3(O)CC3)C2)c1. The number of benzene rings is 1. The highest BCUT2D eigenvalue weighted by Gasteiger charge is 2.49. The van der Waals surface area contributed by atoms with E-state index < -0.39 is 11.5 Å². The molecule has 1 heterocycles. The monoisotopic (exact) mass is 318 g/mol. The van der Waals surface area contributed by atoms with Crippen molar-refractivity contribution in [2.45, 2.75) is 31.3 Å². The van der Waals surface area contributed by atoms with Gasteiger partial charge in [-0.1, -0.05) is 6.07 Å². The Morgan fingerprint density at radius 3 is 2.87 bits per heavy atom. The van der Waals surface area contributed by atoms with Gasteiger partial charge in [0.05, 0.1) is 5.60 Å². The molecule has 1 aromatic rings. The molecule has 3 N–H and O–H groups in total. The maximum atomic E-state index is 12.7. The summed E-state index contributed by atoms with van der Waals surface area (Å²) in [5.74, 6) is 0.000259. The zero-order chi connectivity index (χ0) is 16.4. The molecule has 1 aliphatic carbocycles. The molecule has 3 rings (SSSR count). The third-order valence-electron chi connectivity index (χ3n) is 4.69. The summed E-state index contributed by atoms with van der Waals surface area (Å²) in [5.41, 5.74) is 5.03. The Hall–Kier alpha value is -2.08. The highest BCUT2D eigenvalue weighted by Crippen LogP contribution is 2.45. The number of ether oxygens (including phenoxy) is 1. The lowest BCUT2D eigenvalue weighted by Gasteiger charge is -2.35. The molecule has 1 unspecified atom stereocenters. The van der Waals surface area contributed by atoms with E-state index in [9.17, 15) is 14.7 Å². The lowest BCUT2D eigenvalue weighted by atomic mass is 9.90. The van der Waals surface area contributed by atoms with Gasteiger partial charge in [-0.05, 0) is 43.9 Å². The van der Waals surface area contributed by atoms with Crippen molar-refractivity contribution < 1.29 is 19.4 Å². The van der Waals surface area contributed by atoms with Gasteiger partial charge in [-0.25, -0.2) is 0 Å². The van der Waals surface area contributed by atoms with Crippen molar-refractivity contribution in [3.63, 3.8) is 0 Å². The van der Waals surface area contributed by atoms with Crippen molar-refractivity contribution in [3.05, 3.63) is 29.8 Å². The minimum atomic E-state index is -0.557. The molecule has 2 aliphatic rings. The Morgan fingerprint density at radius 2 is 2.17 bits per heavy atom. The number of rotatable bonds is 5. The second-order valence-electron chi connectivity index (χ2n) is 6.48. The Kier molecular flexibility index (Phi) is 4.26. The number of piperidine rings is 1. The number of amides is 2. The molecule has 2 fully saturated rings. The number of nitrogens with zero attached hydrogens (tertiary/aromatic N) is 1. The molecule has 0 aromatic heterocycles. The van der Waals surface area contributed by atoms with Crippen LogP contribution >= 0.6 is 0 Å². The summed E-state index contributed by atoms with van der Waals surface area (Å²) in [5, 5.41) is 10.3. The maximum absolute atomic E-state index is 12.7. The first kappa shape index (κ1) is 15.8. The second kappa shape index (κ2) is 6.20. The molecule has 124 valence electrons. The molecule has 1 aliphatic heterocycles. The Labute approximate surface area is 135 Å². The number of primary amides is 1. The van der Waals surface area contributed by atoms with Crippen LogP contribution in [0.5, 0.6) is 5.75 Å². The molecule has 0 radical (unpaired) electrons. The molecule has 23 heavy (non-hydrogen) atoms. The van der Waals surface area contributed by atoms with E-state index in [1.165, 1.54) is 0 Å². The topological polar surface area (TPSA) is 92.9 Å². The fraction of sp³-hybridized carbons (Fsp3) is 0.529. The van der Waals surface area contributed by atoms with Crippen LogP contribution in [0.2, 0.25) is 0 Å². The summed E-state index contributed by atoms with van der Waals surface area (Å²) >= 11 is 0. The van der Waals surface area contributed by atoms with Crippen LogP contribution in [-0.2, 0) is 4.79 Å². The van der Waals surface area contributed by atoms with E-state index in [1.54, 1.807) is 29.2 Å². The van der Waals surface area contributed by atoms with Gasteiger partial charge in [0.15, 0.2) is 6.61 Å². The van der Waals surface area contributed by atoms with E-state index in [0.29, 0.717) is 24.4 Å². The fourth-order valence-corrected chi connectivity index (χ4v) is 3.19. The number of likely N-dealkylation sites (tertiary alicyclic amines) is 1. The molecule has 1 saturated carbocycles. The largest absolute Gasteiger partial charge is 0.484 e. The average Bonchev–Trinajstić information content (AvgIpc) is 3.32. The van der Waals surface area contributed by atoms with Crippen LogP contribution in [0.4, 0.5) is 0 Å². The lowest BCUT2D eigenvalue weighted by molar-refractivity contribution is -0.119. The van der Waals surface area contributed by atoms with Gasteiger partial charge in [-0.2, -0.15) is 0 Å². The van der Waals surface area contributed by atoms with Crippen molar-refractivity contribution in [3.8, 4) is 5.75 Å². The van der Waals surface area contributed by atoms with Crippen LogP contribution in [-0.4, -0.2) is 47.1 Å². The van der Waals surface area contributed by atoms with E-state index in [4.69, 9.17) is 10.5 Å². The number of hydrogen-bond acceptors (Lipinski definition) is 4. The number of hydrogen-bond donors (Lipinski definition) is 2. The first-order valence-electron chi connectivity index (χ1n) is 8.01. The van der Waals surface area contributed by atoms with Gasteiger partial charge in [-0.3, -0.25) is 9.59 Å². The zero-order valence-corrected chi connectivity index (χ0v) is 13.0. The molecule has 1 aromatic carbocycles. The molecular formula is C17H22N2O4. The predicted octanol–water partition coefficient (Wildman–Crippen LogP) is 0.928. The van der Waals surface area contributed by atoms with E-state index in [-0.39, 0.29) is 18.4 Å². The maximum Gasteiger partial charge on any atom is 0.255 e. The van der Waals surface area contributed by atoms with Crippen molar-refractivity contribution >= 4 is 11.8 Å². The lowest BCUT2D eigenvalue weighted by Crippen LogP contribution is -2.44. The number of carbonyl (C=O) groups is 2. The smallest absolute Gasteiger partial charge is 0.255 e. The summed E-state index contributed by atoms with van der Waals surface area (Å²) in [6.07, 6.45) is 3.57. The molecule has 1 atom stereocenters. The zero-order valence-electron chi connectivity index (χ0n) is 13.0. The number of carbonyl (C=O) groups excluding carboxylic acids is 2. The van der Waals surface area contributed by atoms with Gasteiger partial charge < -0.3 is 20.5 Å². The fourth-order valence-electron chi connectivity index (χ4n) is 3.19. The highest BCUT2D eigenvalue weighted by molar-refractivity contribution is 5.94. The van der Waals surface area contributed by atoms with Crippen molar-refractivity contribution in [1.82, 2.24) is 4.90 Å². The first-order chi connectivity index (χ1) is 11.0. The molecule has 1 saturated heterocycles. The van der Waals surface area contributed by atoms with Gasteiger partial charge >= 0.3 is 0 Å². The van der Waals surface area contributed by atoms with Crippen LogP contribution in [0.1, 0.15) is 36.0 Å². The van der Waals surface area contributed by atoms with Gasteiger partial charge in [0.1, 0.15) is 5.75 Å². The summed E-state index contributed by atoms with van der Waals surface area (Å²) in [6.45, 7) is 1.09. The van der Waals surface area contributed by atoms with E-state index in [2.05, 4.69) is 0 Å². The van der Waals surface area contributed by atoms with Crippen LogP contribution in [0.15, 0.2) is 24.3 Å². The van der Waals surface area contributed by atoms with Crippen molar-refractivity contribution in [2.24, 2.45) is 11.7 Å².